The Bertz CT molecular complexity index is 421. The second-order valence-corrected chi connectivity index (χ2v) is 3.37. The highest BCUT2D eigenvalue weighted by molar-refractivity contribution is 5.24. The maximum absolute atomic E-state index is 4.25. The van der Waals surface area contributed by atoms with Gasteiger partial charge in [-0.1, -0.05) is 30.3 Å². The van der Waals surface area contributed by atoms with Crippen LogP contribution in [0.1, 0.15) is 17.4 Å². The van der Waals surface area contributed by atoms with Gasteiger partial charge in [0.05, 0.1) is 6.04 Å². The molecule has 4 heteroatoms. The van der Waals surface area contributed by atoms with Crippen molar-refractivity contribution in [2.24, 2.45) is 7.05 Å². The van der Waals surface area contributed by atoms with E-state index in [0.717, 1.165) is 5.82 Å². The molecule has 0 saturated heterocycles. The maximum Gasteiger partial charge on any atom is 0.148 e. The van der Waals surface area contributed by atoms with Crippen molar-refractivity contribution in [1.29, 1.82) is 0 Å². The van der Waals surface area contributed by atoms with E-state index >= 15 is 0 Å². The summed E-state index contributed by atoms with van der Waals surface area (Å²) in [4.78, 5) is 4.25. The lowest BCUT2D eigenvalue weighted by Gasteiger charge is -2.15. The fraction of sp³-hybridized carbons (Fsp3) is 0.273. The standard InChI is InChI=1S/C11H14N4/c1-12-10(9-6-4-3-5-7-9)11-13-8-14-15(11)2/h3-8,10,12H,1-2H3. The minimum atomic E-state index is 0.0960. The molecule has 0 radical (unpaired) electrons. The Balaban J connectivity index is 2.37. The van der Waals surface area contributed by atoms with Crippen LogP contribution < -0.4 is 5.32 Å². The molecule has 1 aromatic carbocycles. The minimum Gasteiger partial charge on any atom is -0.307 e. The molecule has 1 heterocycles. The predicted octanol–water partition coefficient (Wildman–Crippen LogP) is 1.12. The lowest BCUT2D eigenvalue weighted by Crippen LogP contribution is -2.21. The van der Waals surface area contributed by atoms with Gasteiger partial charge < -0.3 is 5.32 Å². The van der Waals surface area contributed by atoms with Crippen LogP contribution >= 0.6 is 0 Å². The molecule has 78 valence electrons. The zero-order chi connectivity index (χ0) is 10.7. The van der Waals surface area contributed by atoms with Gasteiger partial charge in [-0.3, -0.25) is 4.68 Å². The van der Waals surface area contributed by atoms with Gasteiger partial charge in [-0.2, -0.15) is 5.10 Å². The molecular formula is C11H14N4. The monoisotopic (exact) mass is 202 g/mol. The molecule has 1 N–H and O–H groups in total. The Hall–Kier alpha value is -1.68. The van der Waals surface area contributed by atoms with E-state index in [-0.39, 0.29) is 6.04 Å². The fourth-order valence-corrected chi connectivity index (χ4v) is 1.66. The summed E-state index contributed by atoms with van der Waals surface area (Å²) in [5, 5.41) is 7.31. The van der Waals surface area contributed by atoms with Crippen LogP contribution in [0.5, 0.6) is 0 Å². The number of nitrogens with zero attached hydrogens (tertiary/aromatic N) is 3. The molecule has 15 heavy (non-hydrogen) atoms. The molecule has 1 atom stereocenters. The molecule has 0 aliphatic rings. The van der Waals surface area contributed by atoms with Gasteiger partial charge in [0.2, 0.25) is 0 Å². The molecule has 2 aromatic rings. The van der Waals surface area contributed by atoms with E-state index in [0.29, 0.717) is 0 Å². The van der Waals surface area contributed by atoms with Crippen molar-refractivity contribution < 1.29 is 0 Å². The molecule has 1 unspecified atom stereocenters. The normalized spacial score (nSPS) is 12.7. The van der Waals surface area contributed by atoms with Crippen LogP contribution in [0.15, 0.2) is 36.7 Å². The first-order valence-corrected chi connectivity index (χ1v) is 4.89. The highest BCUT2D eigenvalue weighted by atomic mass is 15.3. The summed E-state index contributed by atoms with van der Waals surface area (Å²) in [7, 11) is 3.82. The molecule has 0 bridgehead atoms. The largest absolute Gasteiger partial charge is 0.307 e. The van der Waals surface area contributed by atoms with Gasteiger partial charge in [-0.25, -0.2) is 4.98 Å². The number of hydrogen-bond acceptors (Lipinski definition) is 3. The second kappa shape index (κ2) is 4.23. The molecule has 0 fully saturated rings. The van der Waals surface area contributed by atoms with E-state index in [1.54, 1.807) is 11.0 Å². The van der Waals surface area contributed by atoms with Crippen LogP contribution in [0.4, 0.5) is 0 Å². The van der Waals surface area contributed by atoms with Crippen LogP contribution in [-0.2, 0) is 7.05 Å². The molecule has 0 aliphatic carbocycles. The molecule has 0 amide bonds. The van der Waals surface area contributed by atoms with Crippen molar-refractivity contribution in [2.45, 2.75) is 6.04 Å². The highest BCUT2D eigenvalue weighted by Crippen LogP contribution is 2.18. The summed E-state index contributed by atoms with van der Waals surface area (Å²) in [6.07, 6.45) is 1.57. The Morgan fingerprint density at radius 2 is 2.00 bits per heavy atom. The van der Waals surface area contributed by atoms with Gasteiger partial charge in [-0.15, -0.1) is 0 Å². The minimum absolute atomic E-state index is 0.0960. The first kappa shape index (κ1) is 9.86. The van der Waals surface area contributed by atoms with Gasteiger partial charge in [0.1, 0.15) is 12.2 Å². The molecule has 0 aliphatic heterocycles. The zero-order valence-electron chi connectivity index (χ0n) is 8.88. The molecule has 4 nitrogen and oxygen atoms in total. The summed E-state index contributed by atoms with van der Waals surface area (Å²) in [6, 6.07) is 10.3. The first-order valence-electron chi connectivity index (χ1n) is 4.89. The second-order valence-electron chi connectivity index (χ2n) is 3.37. The summed E-state index contributed by atoms with van der Waals surface area (Å²) in [5.74, 6) is 0.920. The van der Waals surface area contributed by atoms with Gasteiger partial charge in [0, 0.05) is 7.05 Å². The van der Waals surface area contributed by atoms with E-state index in [1.807, 2.05) is 32.3 Å². The van der Waals surface area contributed by atoms with Gasteiger partial charge >= 0.3 is 0 Å². The topological polar surface area (TPSA) is 42.7 Å². The van der Waals surface area contributed by atoms with E-state index in [1.165, 1.54) is 5.56 Å². The van der Waals surface area contributed by atoms with Crippen LogP contribution in [0.25, 0.3) is 0 Å². The lowest BCUT2D eigenvalue weighted by atomic mass is 10.1. The maximum atomic E-state index is 4.25. The number of nitrogens with one attached hydrogen (secondary N) is 1. The number of rotatable bonds is 3. The molecule has 1 aromatic heterocycles. The van der Waals surface area contributed by atoms with E-state index in [4.69, 9.17) is 0 Å². The number of aromatic nitrogens is 3. The third-order valence-electron chi connectivity index (χ3n) is 2.43. The average Bonchev–Trinajstić information content (AvgIpc) is 2.68. The lowest BCUT2D eigenvalue weighted by molar-refractivity contribution is 0.591. The van der Waals surface area contributed by atoms with E-state index in [9.17, 15) is 0 Å². The van der Waals surface area contributed by atoms with Crippen molar-refractivity contribution in [3.8, 4) is 0 Å². The molecule has 0 saturated carbocycles. The number of aryl methyl sites for hydroxylation is 1. The first-order chi connectivity index (χ1) is 7.33. The molecule has 2 rings (SSSR count). The Morgan fingerprint density at radius 3 is 2.53 bits per heavy atom. The van der Waals surface area contributed by atoms with Crippen LogP contribution in [0.3, 0.4) is 0 Å². The van der Waals surface area contributed by atoms with E-state index < -0.39 is 0 Å². The van der Waals surface area contributed by atoms with Crippen LogP contribution in [-0.4, -0.2) is 21.8 Å². The smallest absolute Gasteiger partial charge is 0.148 e. The van der Waals surface area contributed by atoms with Gasteiger partial charge in [-0.05, 0) is 12.6 Å². The summed E-state index contributed by atoms with van der Waals surface area (Å²) in [5.41, 5.74) is 1.19. The molecular weight excluding hydrogens is 188 g/mol. The average molecular weight is 202 g/mol. The molecule has 0 spiro atoms. The fourth-order valence-electron chi connectivity index (χ4n) is 1.66. The van der Waals surface area contributed by atoms with Gasteiger partial charge in [0.15, 0.2) is 0 Å². The highest BCUT2D eigenvalue weighted by Gasteiger charge is 2.15. The van der Waals surface area contributed by atoms with Crippen LogP contribution in [0, 0.1) is 0 Å². The van der Waals surface area contributed by atoms with Crippen molar-refractivity contribution in [1.82, 2.24) is 20.1 Å². The Morgan fingerprint density at radius 1 is 1.27 bits per heavy atom. The third-order valence-corrected chi connectivity index (χ3v) is 2.43. The zero-order valence-corrected chi connectivity index (χ0v) is 8.88. The summed E-state index contributed by atoms with van der Waals surface area (Å²) >= 11 is 0. The van der Waals surface area contributed by atoms with Gasteiger partial charge in [0.25, 0.3) is 0 Å². The SMILES string of the molecule is CNC(c1ccccc1)c1ncnn1C. The van der Waals surface area contributed by atoms with E-state index in [2.05, 4.69) is 27.5 Å². The summed E-state index contributed by atoms with van der Waals surface area (Å²) in [6.45, 7) is 0. The van der Waals surface area contributed by atoms with Crippen molar-refractivity contribution in [3.63, 3.8) is 0 Å². The Labute approximate surface area is 89.0 Å². The number of benzene rings is 1. The summed E-state index contributed by atoms with van der Waals surface area (Å²) < 4.78 is 1.79. The third kappa shape index (κ3) is 1.89. The number of hydrogen-bond donors (Lipinski definition) is 1. The quantitative estimate of drug-likeness (QED) is 0.811. The van der Waals surface area contributed by atoms with Crippen molar-refractivity contribution in [3.05, 3.63) is 48.0 Å². The van der Waals surface area contributed by atoms with Crippen molar-refractivity contribution >= 4 is 0 Å². The Kier molecular flexibility index (Phi) is 2.78. The van der Waals surface area contributed by atoms with Crippen LogP contribution in [0.2, 0.25) is 0 Å². The predicted molar refractivity (Wildman–Crippen MR) is 58.3 cm³/mol. The van der Waals surface area contributed by atoms with Crippen molar-refractivity contribution in [2.75, 3.05) is 7.05 Å².